The van der Waals surface area contributed by atoms with Gasteiger partial charge in [0.1, 0.15) is 5.75 Å². The van der Waals surface area contributed by atoms with Gasteiger partial charge in [-0.25, -0.2) is 4.79 Å². The van der Waals surface area contributed by atoms with Gasteiger partial charge in [-0.15, -0.1) is 0 Å². The molecule has 4 rings (SSSR count). The number of benzene rings is 2. The van der Waals surface area contributed by atoms with Gasteiger partial charge in [-0.2, -0.15) is 0 Å². The molecule has 0 bridgehead atoms. The number of nitrogens with one attached hydrogen (secondary N) is 1. The van der Waals surface area contributed by atoms with Gasteiger partial charge in [0.05, 0.1) is 30.6 Å². The van der Waals surface area contributed by atoms with Crippen molar-refractivity contribution in [2.24, 2.45) is 0 Å². The van der Waals surface area contributed by atoms with Crippen LogP contribution in [0.5, 0.6) is 5.75 Å². The van der Waals surface area contributed by atoms with E-state index in [2.05, 4.69) is 72.5 Å². The van der Waals surface area contributed by atoms with Crippen molar-refractivity contribution in [3.63, 3.8) is 0 Å². The smallest absolute Gasteiger partial charge is 0.337 e. The van der Waals surface area contributed by atoms with Crippen LogP contribution in [0.2, 0.25) is 0 Å². The van der Waals surface area contributed by atoms with E-state index in [9.17, 15) is 9.90 Å². The molecule has 6 nitrogen and oxygen atoms in total. The summed E-state index contributed by atoms with van der Waals surface area (Å²) in [6.07, 6.45) is 4.04. The molecule has 0 fully saturated rings. The van der Waals surface area contributed by atoms with Crippen molar-refractivity contribution in [1.82, 2.24) is 9.88 Å². The van der Waals surface area contributed by atoms with Crippen LogP contribution in [0.1, 0.15) is 52.9 Å². The molecule has 172 valence electrons. The molecule has 0 radical (unpaired) electrons. The Labute approximate surface area is 195 Å². The number of hydrogen-bond acceptors (Lipinski definition) is 5. The summed E-state index contributed by atoms with van der Waals surface area (Å²) in [6.45, 7) is 5.90. The van der Waals surface area contributed by atoms with Crippen molar-refractivity contribution in [2.45, 2.75) is 32.2 Å². The third kappa shape index (κ3) is 4.71. The second kappa shape index (κ2) is 9.63. The quantitative estimate of drug-likeness (QED) is 0.519. The second-order valence-electron chi connectivity index (χ2n) is 8.88. The first-order valence-electron chi connectivity index (χ1n) is 11.3. The van der Waals surface area contributed by atoms with E-state index in [0.717, 1.165) is 29.8 Å². The lowest BCUT2D eigenvalue weighted by Gasteiger charge is -2.35. The van der Waals surface area contributed by atoms with Gasteiger partial charge in [0, 0.05) is 24.8 Å². The summed E-state index contributed by atoms with van der Waals surface area (Å²) in [5.74, 6) is 0.381. The van der Waals surface area contributed by atoms with Crippen LogP contribution in [-0.4, -0.2) is 48.2 Å². The average molecular weight is 446 g/mol. The monoisotopic (exact) mass is 445 g/mol. The highest BCUT2D eigenvalue weighted by Crippen LogP contribution is 2.37. The zero-order valence-electron chi connectivity index (χ0n) is 19.6. The first-order valence-corrected chi connectivity index (χ1v) is 11.3. The minimum absolute atomic E-state index is 0.134. The third-order valence-corrected chi connectivity index (χ3v) is 6.51. The Morgan fingerprint density at radius 1 is 1.24 bits per heavy atom. The Balaban J connectivity index is 1.62. The fraction of sp³-hybridized carbons (Fsp3) is 0.333. The number of carboxylic acid groups (broad SMARTS) is 1. The van der Waals surface area contributed by atoms with Gasteiger partial charge in [-0.3, -0.25) is 9.88 Å². The van der Waals surface area contributed by atoms with Crippen LogP contribution in [0.15, 0.2) is 54.9 Å². The molecular weight excluding hydrogens is 414 g/mol. The summed E-state index contributed by atoms with van der Waals surface area (Å²) >= 11 is 0. The topological polar surface area (TPSA) is 74.7 Å². The summed E-state index contributed by atoms with van der Waals surface area (Å²) in [6, 6.07) is 14.7. The molecular formula is C27H31N3O3. The number of aromatic carboxylic acids is 1. The summed E-state index contributed by atoms with van der Waals surface area (Å²) in [4.78, 5) is 17.9. The molecule has 0 aliphatic carbocycles. The number of hydrogen-bond donors (Lipinski definition) is 2. The van der Waals surface area contributed by atoms with Crippen molar-refractivity contribution in [2.75, 3.05) is 32.6 Å². The number of fused-ring (bicyclic) bond motifs is 1. The van der Waals surface area contributed by atoms with Crippen LogP contribution in [0.3, 0.4) is 0 Å². The normalized spacial score (nSPS) is 15.8. The lowest BCUT2D eigenvalue weighted by atomic mass is 9.89. The van der Waals surface area contributed by atoms with Gasteiger partial charge in [-0.1, -0.05) is 44.2 Å². The predicted molar refractivity (Wildman–Crippen MR) is 131 cm³/mol. The molecule has 2 aromatic carbocycles. The number of likely N-dealkylation sites (N-methyl/N-ethyl adjacent to an activating group) is 1. The molecule has 1 atom stereocenters. The number of aromatic nitrogens is 1. The number of methoxy groups -OCH3 is 1. The summed E-state index contributed by atoms with van der Waals surface area (Å²) < 4.78 is 5.72. The van der Waals surface area contributed by atoms with E-state index in [4.69, 9.17) is 4.74 Å². The molecule has 3 aromatic rings. The van der Waals surface area contributed by atoms with Crippen LogP contribution in [-0.2, 0) is 6.42 Å². The van der Waals surface area contributed by atoms with Gasteiger partial charge in [-0.05, 0) is 53.8 Å². The predicted octanol–water partition coefficient (Wildman–Crippen LogP) is 5.22. The van der Waals surface area contributed by atoms with Gasteiger partial charge < -0.3 is 15.2 Å². The van der Waals surface area contributed by atoms with Gasteiger partial charge >= 0.3 is 5.97 Å². The average Bonchev–Trinajstić information content (AvgIpc) is 2.82. The fourth-order valence-electron chi connectivity index (χ4n) is 4.50. The van der Waals surface area contributed by atoms with E-state index in [1.165, 1.54) is 29.0 Å². The molecule has 1 aliphatic heterocycles. The van der Waals surface area contributed by atoms with Crippen molar-refractivity contribution in [3.05, 3.63) is 77.1 Å². The van der Waals surface area contributed by atoms with E-state index in [-0.39, 0.29) is 11.6 Å². The highest BCUT2D eigenvalue weighted by Gasteiger charge is 2.26. The Kier molecular flexibility index (Phi) is 6.65. The maximum Gasteiger partial charge on any atom is 0.337 e. The Bertz CT molecular complexity index is 1160. The lowest BCUT2D eigenvalue weighted by molar-refractivity contribution is 0.0697. The van der Waals surface area contributed by atoms with Gasteiger partial charge in [0.15, 0.2) is 0 Å². The standard InChI is InChI=1S/C27H31N3O3/c1-17(2)18-5-8-22(26(14-18)33-4)19-6-7-21-20(13-19)10-12-30(3)25(21)16-29-24-15-28-11-9-23(24)27(31)32/h5-9,11,13-15,17,25,29H,10,12,16H2,1-4H3,(H,31,32). The van der Waals surface area contributed by atoms with E-state index < -0.39 is 5.97 Å². The van der Waals surface area contributed by atoms with Crippen LogP contribution in [0.4, 0.5) is 5.69 Å². The molecule has 0 spiro atoms. The molecule has 33 heavy (non-hydrogen) atoms. The van der Waals surface area contributed by atoms with Gasteiger partial charge in [0.25, 0.3) is 0 Å². The number of carbonyl (C=O) groups is 1. The minimum atomic E-state index is -0.959. The van der Waals surface area contributed by atoms with Crippen molar-refractivity contribution >= 4 is 11.7 Å². The first kappa shape index (κ1) is 22.8. The molecule has 0 saturated heterocycles. The van der Waals surface area contributed by atoms with E-state index in [1.54, 1.807) is 13.3 Å². The molecule has 2 N–H and O–H groups in total. The van der Waals surface area contributed by atoms with Crippen LogP contribution in [0.25, 0.3) is 11.1 Å². The van der Waals surface area contributed by atoms with Crippen molar-refractivity contribution in [1.29, 1.82) is 0 Å². The minimum Gasteiger partial charge on any atom is -0.496 e. The highest BCUT2D eigenvalue weighted by atomic mass is 16.5. The zero-order chi connectivity index (χ0) is 23.5. The Morgan fingerprint density at radius 2 is 2.06 bits per heavy atom. The largest absolute Gasteiger partial charge is 0.496 e. The summed E-state index contributed by atoms with van der Waals surface area (Å²) in [5.41, 5.74) is 6.86. The number of carboxylic acids is 1. The molecule has 6 heteroatoms. The number of pyridine rings is 1. The molecule has 1 aromatic heterocycles. The Hall–Kier alpha value is -3.38. The second-order valence-corrected chi connectivity index (χ2v) is 8.88. The fourth-order valence-corrected chi connectivity index (χ4v) is 4.50. The zero-order valence-corrected chi connectivity index (χ0v) is 19.6. The molecule has 2 heterocycles. The maximum absolute atomic E-state index is 11.5. The highest BCUT2D eigenvalue weighted by molar-refractivity contribution is 5.93. The molecule has 0 amide bonds. The molecule has 1 unspecified atom stereocenters. The van der Waals surface area contributed by atoms with E-state index in [0.29, 0.717) is 18.2 Å². The summed E-state index contributed by atoms with van der Waals surface area (Å²) in [5, 5.41) is 12.8. The number of ether oxygens (including phenoxy) is 1. The lowest BCUT2D eigenvalue weighted by Crippen LogP contribution is -2.36. The first-order chi connectivity index (χ1) is 15.9. The number of anilines is 1. The Morgan fingerprint density at radius 3 is 2.79 bits per heavy atom. The van der Waals surface area contributed by atoms with Crippen LogP contribution in [0, 0.1) is 0 Å². The van der Waals surface area contributed by atoms with Crippen molar-refractivity contribution in [3.8, 4) is 16.9 Å². The van der Waals surface area contributed by atoms with Crippen LogP contribution < -0.4 is 10.1 Å². The van der Waals surface area contributed by atoms with Crippen molar-refractivity contribution < 1.29 is 14.6 Å². The molecule has 1 aliphatic rings. The van der Waals surface area contributed by atoms with E-state index in [1.807, 2.05) is 0 Å². The number of rotatable bonds is 7. The van der Waals surface area contributed by atoms with Gasteiger partial charge in [0.2, 0.25) is 0 Å². The van der Waals surface area contributed by atoms with E-state index >= 15 is 0 Å². The van der Waals surface area contributed by atoms with Crippen LogP contribution >= 0.6 is 0 Å². The maximum atomic E-state index is 11.5. The number of nitrogens with zero attached hydrogens (tertiary/aromatic N) is 2. The SMILES string of the molecule is COc1cc(C(C)C)ccc1-c1ccc2c(c1)CCN(C)C2CNc1cnccc1C(=O)O. The molecule has 0 saturated carbocycles. The third-order valence-electron chi connectivity index (χ3n) is 6.51. The summed E-state index contributed by atoms with van der Waals surface area (Å²) in [7, 11) is 3.83.